The molecule has 2 aromatic rings. The molecular weight excluding hydrogens is 423 g/mol. The Kier molecular flexibility index (Phi) is 7.00. The Bertz CT molecular complexity index is 958. The maximum absolute atomic E-state index is 12.7. The highest BCUT2D eigenvalue weighted by Crippen LogP contribution is 2.32. The van der Waals surface area contributed by atoms with E-state index in [0.717, 1.165) is 25.3 Å². The van der Waals surface area contributed by atoms with Crippen molar-refractivity contribution in [3.05, 3.63) is 51.8 Å². The molecule has 0 unspecified atom stereocenters. The van der Waals surface area contributed by atoms with Crippen LogP contribution in [0, 0.1) is 5.92 Å². The van der Waals surface area contributed by atoms with E-state index in [1.54, 1.807) is 30.5 Å². The van der Waals surface area contributed by atoms with Crippen LogP contribution in [0.25, 0.3) is 0 Å². The molecule has 1 saturated heterocycles. The Balaban J connectivity index is 1.45. The first kappa shape index (κ1) is 21.2. The number of ketones is 1. The molecule has 2 aliphatic rings. The lowest BCUT2D eigenvalue weighted by Crippen LogP contribution is -2.33. The lowest BCUT2D eigenvalue weighted by molar-refractivity contribution is 0.0998. The SMILES string of the molecule is O=C1CC(COc2cccc(Cl)c2Cl)=Nc2c1ccnc2CNCC1CCNCC1. The zero-order chi connectivity index (χ0) is 20.9. The van der Waals surface area contributed by atoms with E-state index in [0.29, 0.717) is 45.2 Å². The molecule has 0 radical (unpaired) electrons. The molecule has 0 atom stereocenters. The van der Waals surface area contributed by atoms with Crippen molar-refractivity contribution in [3.8, 4) is 5.75 Å². The molecule has 1 aromatic carbocycles. The van der Waals surface area contributed by atoms with Gasteiger partial charge in [-0.3, -0.25) is 14.8 Å². The zero-order valence-corrected chi connectivity index (χ0v) is 18.1. The second-order valence-corrected chi connectivity index (χ2v) is 8.38. The van der Waals surface area contributed by atoms with Crippen LogP contribution in [-0.4, -0.2) is 42.7 Å². The number of carbonyl (C=O) groups is 1. The van der Waals surface area contributed by atoms with Gasteiger partial charge in [-0.2, -0.15) is 0 Å². The molecule has 0 saturated carbocycles. The summed E-state index contributed by atoms with van der Waals surface area (Å²) < 4.78 is 5.78. The van der Waals surface area contributed by atoms with Crippen molar-refractivity contribution in [2.45, 2.75) is 25.8 Å². The van der Waals surface area contributed by atoms with Gasteiger partial charge in [0.15, 0.2) is 5.78 Å². The normalized spacial score (nSPS) is 16.9. The Hall–Kier alpha value is -1.99. The van der Waals surface area contributed by atoms with Crippen LogP contribution in [-0.2, 0) is 6.54 Å². The third-order valence-corrected chi connectivity index (χ3v) is 6.23. The van der Waals surface area contributed by atoms with E-state index >= 15 is 0 Å². The van der Waals surface area contributed by atoms with Crippen LogP contribution in [0.5, 0.6) is 5.75 Å². The molecule has 1 fully saturated rings. The number of nitrogens with zero attached hydrogens (tertiary/aromatic N) is 2. The summed E-state index contributed by atoms with van der Waals surface area (Å²) in [6, 6.07) is 6.94. The second-order valence-electron chi connectivity index (χ2n) is 7.60. The maximum Gasteiger partial charge on any atom is 0.170 e. The second kappa shape index (κ2) is 9.88. The molecule has 0 aliphatic carbocycles. The average molecular weight is 447 g/mol. The summed E-state index contributed by atoms with van der Waals surface area (Å²) in [7, 11) is 0. The van der Waals surface area contributed by atoms with E-state index in [9.17, 15) is 4.79 Å². The molecule has 0 bridgehead atoms. The number of hydrogen-bond donors (Lipinski definition) is 2. The summed E-state index contributed by atoms with van der Waals surface area (Å²) in [5, 5.41) is 7.65. The van der Waals surface area contributed by atoms with E-state index in [-0.39, 0.29) is 18.8 Å². The molecule has 0 spiro atoms. The Morgan fingerprint density at radius 3 is 2.87 bits per heavy atom. The molecule has 0 amide bonds. The number of ether oxygens (including phenoxy) is 1. The van der Waals surface area contributed by atoms with Crippen molar-refractivity contribution in [3.63, 3.8) is 0 Å². The van der Waals surface area contributed by atoms with Crippen LogP contribution in [0.2, 0.25) is 10.0 Å². The van der Waals surface area contributed by atoms with Crippen molar-refractivity contribution >= 4 is 40.4 Å². The van der Waals surface area contributed by atoms with Crippen molar-refractivity contribution in [1.29, 1.82) is 0 Å². The topological polar surface area (TPSA) is 75.6 Å². The summed E-state index contributed by atoms with van der Waals surface area (Å²) in [6.07, 6.45) is 4.26. The first-order valence-corrected chi connectivity index (χ1v) is 10.9. The van der Waals surface area contributed by atoms with Gasteiger partial charge in [0.05, 0.1) is 28.5 Å². The molecule has 2 N–H and O–H groups in total. The van der Waals surface area contributed by atoms with Crippen LogP contribution in [0.15, 0.2) is 35.5 Å². The van der Waals surface area contributed by atoms with Gasteiger partial charge in [0.1, 0.15) is 17.4 Å². The molecular formula is C22H24Cl2N4O2. The van der Waals surface area contributed by atoms with Crippen LogP contribution >= 0.6 is 23.2 Å². The number of carbonyl (C=O) groups excluding carboxylic acids is 1. The van der Waals surface area contributed by atoms with Gasteiger partial charge in [-0.1, -0.05) is 29.3 Å². The van der Waals surface area contributed by atoms with E-state index in [1.807, 2.05) is 0 Å². The lowest BCUT2D eigenvalue weighted by atomic mass is 9.98. The van der Waals surface area contributed by atoms with Gasteiger partial charge < -0.3 is 15.4 Å². The quantitative estimate of drug-likeness (QED) is 0.665. The van der Waals surface area contributed by atoms with Gasteiger partial charge in [0, 0.05) is 18.3 Å². The summed E-state index contributed by atoms with van der Waals surface area (Å²) >= 11 is 12.2. The number of halogens is 2. The monoisotopic (exact) mass is 446 g/mol. The highest BCUT2D eigenvalue weighted by molar-refractivity contribution is 6.42. The molecule has 3 heterocycles. The molecule has 4 rings (SSSR count). The van der Waals surface area contributed by atoms with E-state index in [2.05, 4.69) is 15.6 Å². The number of aromatic nitrogens is 1. The Morgan fingerprint density at radius 1 is 1.20 bits per heavy atom. The first-order valence-electron chi connectivity index (χ1n) is 10.2. The fraction of sp³-hybridized carbons (Fsp3) is 0.409. The van der Waals surface area contributed by atoms with Gasteiger partial charge >= 0.3 is 0 Å². The minimum absolute atomic E-state index is 0.0257. The van der Waals surface area contributed by atoms with Crippen molar-refractivity contribution in [2.24, 2.45) is 10.9 Å². The molecule has 158 valence electrons. The van der Waals surface area contributed by atoms with Gasteiger partial charge in [0.25, 0.3) is 0 Å². The van der Waals surface area contributed by atoms with Crippen LogP contribution in [0.4, 0.5) is 5.69 Å². The molecule has 2 aliphatic heterocycles. The third-order valence-electron chi connectivity index (χ3n) is 5.43. The first-order chi connectivity index (χ1) is 14.6. The van der Waals surface area contributed by atoms with Crippen molar-refractivity contribution in [2.75, 3.05) is 26.2 Å². The zero-order valence-electron chi connectivity index (χ0n) is 16.6. The smallest absolute Gasteiger partial charge is 0.170 e. The number of pyridine rings is 1. The fourth-order valence-corrected chi connectivity index (χ4v) is 4.12. The molecule has 30 heavy (non-hydrogen) atoms. The van der Waals surface area contributed by atoms with E-state index < -0.39 is 0 Å². The van der Waals surface area contributed by atoms with Crippen molar-refractivity contribution < 1.29 is 9.53 Å². The Morgan fingerprint density at radius 2 is 2.03 bits per heavy atom. The van der Waals surface area contributed by atoms with E-state index in [4.69, 9.17) is 32.9 Å². The van der Waals surface area contributed by atoms with Crippen LogP contribution in [0.1, 0.15) is 35.3 Å². The lowest BCUT2D eigenvalue weighted by Gasteiger charge is -2.23. The maximum atomic E-state index is 12.7. The number of benzene rings is 1. The number of nitrogens with one attached hydrogen (secondary N) is 2. The van der Waals surface area contributed by atoms with Crippen LogP contribution < -0.4 is 15.4 Å². The van der Waals surface area contributed by atoms with Crippen molar-refractivity contribution in [1.82, 2.24) is 15.6 Å². The fourth-order valence-electron chi connectivity index (χ4n) is 3.78. The number of hydrogen-bond acceptors (Lipinski definition) is 6. The highest BCUT2D eigenvalue weighted by atomic mass is 35.5. The van der Waals surface area contributed by atoms with Gasteiger partial charge in [-0.15, -0.1) is 0 Å². The minimum atomic E-state index is 0.0257. The third kappa shape index (κ3) is 5.01. The number of rotatable bonds is 7. The van der Waals surface area contributed by atoms with E-state index in [1.165, 1.54) is 12.8 Å². The number of Topliss-reactive ketones (excluding diaryl/α,β-unsaturated/α-hetero) is 1. The van der Waals surface area contributed by atoms with Gasteiger partial charge in [-0.05, 0) is 56.6 Å². The predicted octanol–water partition coefficient (Wildman–Crippen LogP) is 4.22. The highest BCUT2D eigenvalue weighted by Gasteiger charge is 2.23. The standard InChI is InChI=1S/C22H24Cl2N4O2/c23-17-2-1-3-20(21(17)24)30-13-15-10-19(29)16-6-9-27-18(22(16)28-15)12-26-11-14-4-7-25-8-5-14/h1-3,6,9,14,25-26H,4-5,7-8,10-13H2. The molecule has 6 nitrogen and oxygen atoms in total. The number of aliphatic imine (C=N–C) groups is 1. The van der Waals surface area contributed by atoms with Gasteiger partial charge in [0.2, 0.25) is 0 Å². The largest absolute Gasteiger partial charge is 0.486 e. The number of piperidine rings is 1. The molecule has 1 aromatic heterocycles. The average Bonchev–Trinajstić information content (AvgIpc) is 2.76. The summed E-state index contributed by atoms with van der Waals surface area (Å²) in [6.45, 7) is 3.84. The predicted molar refractivity (Wildman–Crippen MR) is 120 cm³/mol. The summed E-state index contributed by atoms with van der Waals surface area (Å²) in [5.41, 5.74) is 2.69. The summed E-state index contributed by atoms with van der Waals surface area (Å²) in [5.74, 6) is 1.17. The van der Waals surface area contributed by atoms with Gasteiger partial charge in [-0.25, -0.2) is 0 Å². The van der Waals surface area contributed by atoms with Crippen LogP contribution in [0.3, 0.4) is 0 Å². The summed E-state index contributed by atoms with van der Waals surface area (Å²) in [4.78, 5) is 21.8. The Labute approximate surface area is 186 Å². The molecule has 8 heteroatoms. The minimum Gasteiger partial charge on any atom is -0.486 e. The number of fused-ring (bicyclic) bond motifs is 1.